The van der Waals surface area contributed by atoms with Crippen LogP contribution < -0.4 is 20.9 Å². The molecular weight excluding hydrogens is 437 g/mol. The molecule has 1 aliphatic carbocycles. The standard InChI is InChI=1S/C21H29F3N8O/c1-10(2)17-19(33)30-16-11(3)28-20(31-18(16)32(17)4)29-13-5-12(6-13)7-26-15-9-25-14(8-27-15)21(22,23)24/h8-10,12-13,17,19,30,33H,5-7H2,1-4H3,(H,26,27)(H,28,29,31)/t12?,13?,17-,19?/m0/s1. The van der Waals surface area contributed by atoms with Crippen molar-refractivity contribution in [2.24, 2.45) is 11.8 Å². The molecule has 9 nitrogen and oxygen atoms in total. The molecule has 1 fully saturated rings. The zero-order valence-corrected chi connectivity index (χ0v) is 19.0. The fourth-order valence-corrected chi connectivity index (χ4v) is 4.46. The molecule has 3 heterocycles. The molecule has 2 atom stereocenters. The van der Waals surface area contributed by atoms with Crippen molar-refractivity contribution in [3.8, 4) is 0 Å². The average molecular weight is 467 g/mol. The summed E-state index contributed by atoms with van der Waals surface area (Å²) in [6, 6.07) is 0.105. The molecule has 2 aromatic heterocycles. The molecule has 12 heteroatoms. The minimum Gasteiger partial charge on any atom is -0.372 e. The highest BCUT2D eigenvalue weighted by atomic mass is 19.4. The number of nitrogens with zero attached hydrogens (tertiary/aromatic N) is 5. The van der Waals surface area contributed by atoms with E-state index in [9.17, 15) is 18.3 Å². The van der Waals surface area contributed by atoms with Crippen molar-refractivity contribution in [1.82, 2.24) is 19.9 Å². The number of aliphatic hydroxyl groups excluding tert-OH is 1. The first kappa shape index (κ1) is 23.3. The van der Waals surface area contributed by atoms with E-state index in [4.69, 9.17) is 4.98 Å². The second kappa shape index (κ2) is 8.81. The summed E-state index contributed by atoms with van der Waals surface area (Å²) in [7, 11) is 1.93. The monoisotopic (exact) mass is 466 g/mol. The summed E-state index contributed by atoms with van der Waals surface area (Å²) >= 11 is 0. The molecule has 2 aromatic rings. The zero-order valence-electron chi connectivity index (χ0n) is 19.0. The number of alkyl halides is 3. The highest BCUT2D eigenvalue weighted by Gasteiger charge is 2.36. The molecule has 33 heavy (non-hydrogen) atoms. The fraction of sp³-hybridized carbons (Fsp3) is 0.619. The quantitative estimate of drug-likeness (QED) is 0.510. The first-order chi connectivity index (χ1) is 15.5. The van der Waals surface area contributed by atoms with Gasteiger partial charge in [0.2, 0.25) is 5.95 Å². The third kappa shape index (κ3) is 4.90. The molecule has 0 aromatic carbocycles. The van der Waals surface area contributed by atoms with Gasteiger partial charge < -0.3 is 26.0 Å². The molecule has 0 radical (unpaired) electrons. The fourth-order valence-electron chi connectivity index (χ4n) is 4.46. The van der Waals surface area contributed by atoms with Crippen LogP contribution in [0.15, 0.2) is 12.4 Å². The zero-order chi connectivity index (χ0) is 23.9. The first-order valence-corrected chi connectivity index (χ1v) is 11.0. The average Bonchev–Trinajstić information content (AvgIpc) is 2.70. The molecule has 4 N–H and O–H groups in total. The van der Waals surface area contributed by atoms with E-state index in [1.807, 2.05) is 18.9 Å². The van der Waals surface area contributed by atoms with E-state index in [0.717, 1.165) is 42.4 Å². The molecule has 4 rings (SSSR count). The Labute approximate surface area is 190 Å². The van der Waals surface area contributed by atoms with Gasteiger partial charge in [-0.25, -0.2) is 15.0 Å². The Morgan fingerprint density at radius 3 is 2.55 bits per heavy atom. The molecule has 0 bridgehead atoms. The largest absolute Gasteiger partial charge is 0.434 e. The Bertz CT molecular complexity index is 979. The van der Waals surface area contributed by atoms with Gasteiger partial charge >= 0.3 is 6.18 Å². The van der Waals surface area contributed by atoms with Crippen LogP contribution in [0.4, 0.5) is 36.4 Å². The number of nitrogens with one attached hydrogen (secondary N) is 3. The van der Waals surface area contributed by atoms with Gasteiger partial charge in [0, 0.05) is 19.6 Å². The van der Waals surface area contributed by atoms with Gasteiger partial charge in [0.15, 0.2) is 11.5 Å². The van der Waals surface area contributed by atoms with Crippen LogP contribution >= 0.6 is 0 Å². The first-order valence-electron chi connectivity index (χ1n) is 11.0. The van der Waals surface area contributed by atoms with Crippen LogP contribution in [-0.2, 0) is 6.18 Å². The van der Waals surface area contributed by atoms with Gasteiger partial charge in [-0.2, -0.15) is 18.2 Å². The summed E-state index contributed by atoms with van der Waals surface area (Å²) in [6.07, 6.45) is -1.59. The van der Waals surface area contributed by atoms with E-state index in [0.29, 0.717) is 24.2 Å². The van der Waals surface area contributed by atoms with Gasteiger partial charge in [0.1, 0.15) is 17.7 Å². The van der Waals surface area contributed by atoms with E-state index < -0.39 is 18.1 Å². The van der Waals surface area contributed by atoms with E-state index in [-0.39, 0.29) is 18.0 Å². The lowest BCUT2D eigenvalue weighted by atomic mass is 9.80. The molecule has 0 spiro atoms. The van der Waals surface area contributed by atoms with Gasteiger partial charge in [0.25, 0.3) is 0 Å². The van der Waals surface area contributed by atoms with Crippen molar-refractivity contribution >= 4 is 23.3 Å². The topological polar surface area (TPSA) is 111 Å². The minimum atomic E-state index is -4.49. The van der Waals surface area contributed by atoms with Crippen LogP contribution in [0.25, 0.3) is 0 Å². The SMILES string of the molecule is Cc1nc(NC2CC(CNc3cnc(C(F)(F)F)cn3)C2)nc2c1NC(O)[C@H](C(C)C)N2C. The van der Waals surface area contributed by atoms with Crippen LogP contribution in [0.3, 0.4) is 0 Å². The Kier molecular flexibility index (Phi) is 6.21. The lowest BCUT2D eigenvalue weighted by molar-refractivity contribution is -0.141. The summed E-state index contributed by atoms with van der Waals surface area (Å²) in [4.78, 5) is 18.4. The van der Waals surface area contributed by atoms with Gasteiger partial charge in [-0.15, -0.1) is 0 Å². The number of halogens is 3. The van der Waals surface area contributed by atoms with Crippen molar-refractivity contribution in [3.63, 3.8) is 0 Å². The summed E-state index contributed by atoms with van der Waals surface area (Å²) in [5.74, 6) is 2.21. The van der Waals surface area contributed by atoms with Crippen molar-refractivity contribution in [2.45, 2.75) is 58.1 Å². The number of anilines is 4. The van der Waals surface area contributed by atoms with Crippen LogP contribution in [0, 0.1) is 18.8 Å². The van der Waals surface area contributed by atoms with Crippen LogP contribution in [0.1, 0.15) is 38.1 Å². The van der Waals surface area contributed by atoms with Crippen molar-refractivity contribution in [3.05, 3.63) is 23.8 Å². The van der Waals surface area contributed by atoms with Crippen LogP contribution in [-0.4, -0.2) is 56.9 Å². The van der Waals surface area contributed by atoms with Crippen molar-refractivity contribution in [2.75, 3.05) is 34.4 Å². The van der Waals surface area contributed by atoms with E-state index in [1.54, 1.807) is 0 Å². The number of rotatable bonds is 6. The number of hydrogen-bond donors (Lipinski definition) is 4. The third-order valence-electron chi connectivity index (χ3n) is 6.23. The Balaban J connectivity index is 1.31. The second-order valence-corrected chi connectivity index (χ2v) is 9.11. The third-order valence-corrected chi connectivity index (χ3v) is 6.23. The number of hydrogen-bond acceptors (Lipinski definition) is 9. The maximum atomic E-state index is 12.6. The second-order valence-electron chi connectivity index (χ2n) is 9.11. The van der Waals surface area contributed by atoms with Crippen molar-refractivity contribution < 1.29 is 18.3 Å². The molecular formula is C21H29F3N8O. The van der Waals surface area contributed by atoms with Gasteiger partial charge in [0.05, 0.1) is 24.1 Å². The summed E-state index contributed by atoms with van der Waals surface area (Å²) in [6.45, 7) is 6.60. The lowest BCUT2D eigenvalue weighted by Crippen LogP contribution is -2.52. The molecule has 0 saturated heterocycles. The Morgan fingerprint density at radius 2 is 1.94 bits per heavy atom. The summed E-state index contributed by atoms with van der Waals surface area (Å²) in [5, 5.41) is 20.0. The predicted octanol–water partition coefficient (Wildman–Crippen LogP) is 3.10. The Hall–Kier alpha value is -2.89. The van der Waals surface area contributed by atoms with Gasteiger partial charge in [-0.3, -0.25) is 0 Å². The predicted molar refractivity (Wildman–Crippen MR) is 119 cm³/mol. The number of likely N-dealkylation sites (N-methyl/N-ethyl adjacent to an activating group) is 1. The molecule has 2 aliphatic rings. The highest BCUT2D eigenvalue weighted by molar-refractivity contribution is 5.72. The summed E-state index contributed by atoms with van der Waals surface area (Å²) in [5.41, 5.74) is 0.492. The normalized spacial score (nSPS) is 24.7. The summed E-state index contributed by atoms with van der Waals surface area (Å²) < 4.78 is 37.7. The molecule has 1 saturated carbocycles. The number of aliphatic hydroxyl groups is 1. The number of fused-ring (bicyclic) bond motifs is 1. The number of aryl methyl sites for hydroxylation is 1. The van der Waals surface area contributed by atoms with Gasteiger partial charge in [-0.05, 0) is 31.6 Å². The molecule has 1 unspecified atom stereocenters. The van der Waals surface area contributed by atoms with Crippen LogP contribution in [0.2, 0.25) is 0 Å². The number of aromatic nitrogens is 4. The van der Waals surface area contributed by atoms with E-state index >= 15 is 0 Å². The van der Waals surface area contributed by atoms with Crippen LogP contribution in [0.5, 0.6) is 0 Å². The lowest BCUT2D eigenvalue weighted by Gasteiger charge is -2.42. The van der Waals surface area contributed by atoms with E-state index in [1.165, 1.54) is 0 Å². The molecule has 0 amide bonds. The molecule has 1 aliphatic heterocycles. The highest BCUT2D eigenvalue weighted by Crippen LogP contribution is 2.37. The Morgan fingerprint density at radius 1 is 1.21 bits per heavy atom. The maximum absolute atomic E-state index is 12.6. The maximum Gasteiger partial charge on any atom is 0.434 e. The van der Waals surface area contributed by atoms with E-state index in [2.05, 4.69) is 44.7 Å². The minimum absolute atomic E-state index is 0.105. The smallest absolute Gasteiger partial charge is 0.372 e. The molecule has 180 valence electrons. The van der Waals surface area contributed by atoms with Crippen molar-refractivity contribution in [1.29, 1.82) is 0 Å². The van der Waals surface area contributed by atoms with Gasteiger partial charge in [-0.1, -0.05) is 13.8 Å².